The third kappa shape index (κ3) is 5.01. The quantitative estimate of drug-likeness (QED) is 0.595. The minimum atomic E-state index is -0.473. The first-order valence-corrected chi connectivity index (χ1v) is 9.58. The van der Waals surface area contributed by atoms with Crippen molar-refractivity contribution in [3.05, 3.63) is 64.6 Å². The maximum absolute atomic E-state index is 12.3. The predicted octanol–water partition coefficient (Wildman–Crippen LogP) is 3.69. The molecular formula is C21H20N2O4S. The van der Waals surface area contributed by atoms with E-state index < -0.39 is 5.97 Å². The number of carbonyl (C=O) groups is 2. The monoisotopic (exact) mass is 396 g/mol. The van der Waals surface area contributed by atoms with Crippen molar-refractivity contribution in [2.24, 2.45) is 4.99 Å². The molecule has 1 heterocycles. The highest BCUT2D eigenvalue weighted by atomic mass is 32.2. The molecule has 1 saturated heterocycles. The Balaban J connectivity index is 1.77. The van der Waals surface area contributed by atoms with Gasteiger partial charge in [-0.05, 0) is 48.0 Å². The van der Waals surface area contributed by atoms with Crippen molar-refractivity contribution >= 4 is 40.6 Å². The Morgan fingerprint density at radius 2 is 1.93 bits per heavy atom. The zero-order valence-electron chi connectivity index (χ0n) is 15.6. The fourth-order valence-electron chi connectivity index (χ4n) is 2.47. The van der Waals surface area contributed by atoms with Crippen molar-refractivity contribution in [1.82, 2.24) is 5.32 Å². The topological polar surface area (TPSA) is 77.0 Å². The molecule has 0 radical (unpaired) electrons. The Kier molecular flexibility index (Phi) is 6.49. The van der Waals surface area contributed by atoms with Crippen LogP contribution in [-0.2, 0) is 20.7 Å². The predicted molar refractivity (Wildman–Crippen MR) is 111 cm³/mol. The maximum Gasteiger partial charge on any atom is 0.343 e. The van der Waals surface area contributed by atoms with Crippen LogP contribution in [0.5, 0.6) is 5.75 Å². The molecule has 28 heavy (non-hydrogen) atoms. The third-order valence-electron chi connectivity index (χ3n) is 4.00. The molecular weight excluding hydrogens is 376 g/mol. The first-order valence-electron chi connectivity index (χ1n) is 8.76. The number of amides is 1. The molecule has 1 aliphatic rings. The number of aryl methyl sites for hydroxylation is 1. The average Bonchev–Trinajstić information content (AvgIpc) is 3.06. The molecule has 0 aromatic heterocycles. The van der Waals surface area contributed by atoms with Crippen LogP contribution in [0.2, 0.25) is 0 Å². The normalized spacial score (nSPS) is 16.3. The number of nitrogens with zero attached hydrogens (tertiary/aromatic N) is 1. The number of thioether (sulfide) groups is 1. The van der Waals surface area contributed by atoms with E-state index in [1.165, 1.54) is 24.4 Å². The lowest BCUT2D eigenvalue weighted by Gasteiger charge is -2.08. The number of benzene rings is 2. The van der Waals surface area contributed by atoms with E-state index in [0.29, 0.717) is 21.4 Å². The zero-order chi connectivity index (χ0) is 19.9. The van der Waals surface area contributed by atoms with E-state index in [2.05, 4.69) is 22.0 Å². The van der Waals surface area contributed by atoms with Crippen LogP contribution in [0.4, 0.5) is 5.69 Å². The molecule has 6 nitrogen and oxygen atoms in total. The second-order valence-electron chi connectivity index (χ2n) is 5.90. The molecule has 0 aliphatic carbocycles. The molecule has 1 aliphatic heterocycles. The third-order valence-corrected chi connectivity index (χ3v) is 4.91. The summed E-state index contributed by atoms with van der Waals surface area (Å²) in [7, 11) is 1.30. The summed E-state index contributed by atoms with van der Waals surface area (Å²) in [5, 5.41) is 3.29. The molecule has 3 rings (SSSR count). The van der Waals surface area contributed by atoms with Gasteiger partial charge >= 0.3 is 5.97 Å². The molecule has 1 amide bonds. The van der Waals surface area contributed by atoms with E-state index in [9.17, 15) is 9.59 Å². The van der Waals surface area contributed by atoms with Gasteiger partial charge in [-0.25, -0.2) is 9.79 Å². The number of nitrogens with one attached hydrogen (secondary N) is 1. The molecule has 2 aromatic rings. The largest absolute Gasteiger partial charge is 0.481 e. The van der Waals surface area contributed by atoms with Crippen molar-refractivity contribution in [2.45, 2.75) is 13.3 Å². The summed E-state index contributed by atoms with van der Waals surface area (Å²) in [6.07, 6.45) is 2.68. The Bertz CT molecular complexity index is 936. The first-order chi connectivity index (χ1) is 13.6. The minimum Gasteiger partial charge on any atom is -0.481 e. The van der Waals surface area contributed by atoms with Crippen molar-refractivity contribution in [1.29, 1.82) is 0 Å². The van der Waals surface area contributed by atoms with Crippen LogP contribution < -0.4 is 10.1 Å². The Hall–Kier alpha value is -3.06. The Labute approximate surface area is 167 Å². The average molecular weight is 396 g/mol. The zero-order valence-corrected chi connectivity index (χ0v) is 16.4. The number of para-hydroxylation sites is 1. The molecule has 0 spiro atoms. The van der Waals surface area contributed by atoms with Gasteiger partial charge in [-0.2, -0.15) is 0 Å². The summed E-state index contributed by atoms with van der Waals surface area (Å²) in [6.45, 7) is 1.90. The lowest BCUT2D eigenvalue weighted by atomic mass is 10.2. The smallest absolute Gasteiger partial charge is 0.343 e. The highest BCUT2D eigenvalue weighted by Gasteiger charge is 2.24. The second kappa shape index (κ2) is 9.23. The molecule has 144 valence electrons. The van der Waals surface area contributed by atoms with Crippen molar-refractivity contribution in [3.63, 3.8) is 0 Å². The van der Waals surface area contributed by atoms with Crippen LogP contribution in [0.3, 0.4) is 0 Å². The van der Waals surface area contributed by atoms with Gasteiger partial charge in [-0.15, -0.1) is 0 Å². The molecule has 0 bridgehead atoms. The summed E-state index contributed by atoms with van der Waals surface area (Å²) in [6, 6.07) is 15.1. The van der Waals surface area contributed by atoms with Crippen LogP contribution in [0.15, 0.2) is 58.4 Å². The number of hydrogen-bond acceptors (Lipinski definition) is 6. The molecule has 0 saturated carbocycles. The maximum atomic E-state index is 12.3. The van der Waals surface area contributed by atoms with Gasteiger partial charge in [0.15, 0.2) is 11.8 Å². The Morgan fingerprint density at radius 1 is 1.18 bits per heavy atom. The van der Waals surface area contributed by atoms with Gasteiger partial charge in [0, 0.05) is 5.56 Å². The lowest BCUT2D eigenvalue weighted by molar-refractivity contribution is -0.142. The van der Waals surface area contributed by atoms with Crippen molar-refractivity contribution in [2.75, 3.05) is 13.7 Å². The number of methoxy groups -OCH3 is 1. The van der Waals surface area contributed by atoms with Crippen LogP contribution >= 0.6 is 11.8 Å². The summed E-state index contributed by atoms with van der Waals surface area (Å²) < 4.78 is 10.1. The van der Waals surface area contributed by atoms with E-state index in [0.717, 1.165) is 12.1 Å². The van der Waals surface area contributed by atoms with Crippen LogP contribution in [0.25, 0.3) is 6.08 Å². The van der Waals surface area contributed by atoms with Crippen molar-refractivity contribution < 1.29 is 19.1 Å². The van der Waals surface area contributed by atoms with Gasteiger partial charge in [0.2, 0.25) is 0 Å². The molecule has 1 N–H and O–H groups in total. The van der Waals surface area contributed by atoms with Gasteiger partial charge in [0.25, 0.3) is 5.91 Å². The number of ether oxygens (including phenoxy) is 2. The van der Waals surface area contributed by atoms with E-state index in [1.54, 1.807) is 18.2 Å². The minimum absolute atomic E-state index is 0.198. The Morgan fingerprint density at radius 3 is 2.64 bits per heavy atom. The van der Waals surface area contributed by atoms with E-state index in [-0.39, 0.29) is 12.5 Å². The highest BCUT2D eigenvalue weighted by Crippen LogP contribution is 2.30. The van der Waals surface area contributed by atoms with Crippen molar-refractivity contribution in [3.8, 4) is 5.75 Å². The standard InChI is InChI=1S/C21H20N2O4S/c1-3-14-8-10-16(11-9-14)22-21-23-20(25)18(28-21)12-15-6-4-5-7-17(15)27-13-19(24)26-2/h4-12H,3,13H2,1-2H3,(H,22,23,25)/b18-12-. The van der Waals surface area contributed by atoms with Gasteiger partial charge < -0.3 is 14.8 Å². The van der Waals surface area contributed by atoms with Gasteiger partial charge in [0.05, 0.1) is 17.7 Å². The molecule has 2 aromatic carbocycles. The number of aliphatic imine (C=N–C) groups is 1. The number of esters is 1. The summed E-state index contributed by atoms with van der Waals surface area (Å²) in [5.41, 5.74) is 2.71. The van der Waals surface area contributed by atoms with Crippen LogP contribution in [-0.4, -0.2) is 30.8 Å². The summed E-state index contributed by atoms with van der Waals surface area (Å²) in [4.78, 5) is 28.6. The highest BCUT2D eigenvalue weighted by molar-refractivity contribution is 8.18. The molecule has 7 heteroatoms. The number of rotatable bonds is 6. The second-order valence-corrected chi connectivity index (χ2v) is 6.94. The lowest BCUT2D eigenvalue weighted by Crippen LogP contribution is -2.19. The fourth-order valence-corrected chi connectivity index (χ4v) is 3.30. The van der Waals surface area contributed by atoms with Gasteiger partial charge in [0.1, 0.15) is 5.75 Å². The summed E-state index contributed by atoms with van der Waals surface area (Å²) in [5.74, 6) is -0.204. The molecule has 1 fully saturated rings. The number of amidine groups is 1. The van der Waals surface area contributed by atoms with Gasteiger partial charge in [-0.3, -0.25) is 4.79 Å². The van der Waals surface area contributed by atoms with Crippen LogP contribution in [0.1, 0.15) is 18.1 Å². The summed E-state index contributed by atoms with van der Waals surface area (Å²) >= 11 is 1.26. The molecule has 0 unspecified atom stereocenters. The fraction of sp³-hybridized carbons (Fsp3) is 0.190. The van der Waals surface area contributed by atoms with Crippen LogP contribution in [0, 0.1) is 0 Å². The first kappa shape index (κ1) is 19.7. The SMILES string of the molecule is CCc1ccc(N=C2NC(=O)/C(=C/c3ccccc3OCC(=O)OC)S2)cc1. The van der Waals surface area contributed by atoms with E-state index in [4.69, 9.17) is 4.74 Å². The molecule has 0 atom stereocenters. The van der Waals surface area contributed by atoms with E-state index in [1.807, 2.05) is 36.4 Å². The number of hydrogen-bond donors (Lipinski definition) is 1. The number of carbonyl (C=O) groups excluding carboxylic acids is 2. The van der Waals surface area contributed by atoms with E-state index >= 15 is 0 Å². The van der Waals surface area contributed by atoms with Gasteiger partial charge in [-0.1, -0.05) is 37.3 Å².